The van der Waals surface area contributed by atoms with Crippen LogP contribution in [-0.4, -0.2) is 11.0 Å². The van der Waals surface area contributed by atoms with E-state index in [1.165, 1.54) is 12.1 Å². The van der Waals surface area contributed by atoms with Crippen LogP contribution in [0.2, 0.25) is 5.02 Å². The van der Waals surface area contributed by atoms with E-state index in [2.05, 4.69) is 10.6 Å². The van der Waals surface area contributed by atoms with Crippen LogP contribution in [0.4, 0.5) is 15.8 Å². The van der Waals surface area contributed by atoms with E-state index in [9.17, 15) is 14.3 Å². The molecule has 108 valence electrons. The molecule has 6 heteroatoms. The van der Waals surface area contributed by atoms with Crippen LogP contribution >= 0.6 is 11.6 Å². The van der Waals surface area contributed by atoms with Crippen LogP contribution in [0.25, 0.3) is 0 Å². The average Bonchev–Trinajstić information content (AvgIpc) is 2.79. The third-order valence-electron chi connectivity index (χ3n) is 3.36. The van der Waals surface area contributed by atoms with Crippen LogP contribution in [0.15, 0.2) is 30.3 Å². The van der Waals surface area contributed by atoms with Gasteiger partial charge in [-0.3, -0.25) is 4.79 Å². The van der Waals surface area contributed by atoms with Gasteiger partial charge in [-0.25, -0.2) is 4.39 Å². The van der Waals surface area contributed by atoms with E-state index in [1.807, 2.05) is 0 Å². The zero-order chi connectivity index (χ0) is 15.0. The Balaban J connectivity index is 1.81. The Morgan fingerprint density at radius 2 is 2.19 bits per heavy atom. The van der Waals surface area contributed by atoms with Gasteiger partial charge in [0, 0.05) is 17.8 Å². The third-order valence-corrected chi connectivity index (χ3v) is 3.67. The lowest BCUT2D eigenvalue weighted by Gasteiger charge is -2.11. The number of amides is 1. The minimum Gasteiger partial charge on any atom is -0.505 e. The van der Waals surface area contributed by atoms with Crippen molar-refractivity contribution in [1.82, 2.24) is 0 Å². The number of fused-ring (bicyclic) bond motifs is 1. The highest BCUT2D eigenvalue weighted by Crippen LogP contribution is 2.33. The largest absolute Gasteiger partial charge is 0.505 e. The molecule has 1 heterocycles. The van der Waals surface area contributed by atoms with Gasteiger partial charge in [-0.05, 0) is 23.8 Å². The number of rotatable bonds is 3. The van der Waals surface area contributed by atoms with Gasteiger partial charge in [0.25, 0.3) is 0 Å². The lowest BCUT2D eigenvalue weighted by molar-refractivity contribution is -0.115. The second kappa shape index (κ2) is 5.26. The molecule has 1 amide bonds. The van der Waals surface area contributed by atoms with E-state index in [-0.39, 0.29) is 18.2 Å². The van der Waals surface area contributed by atoms with Crippen molar-refractivity contribution in [2.45, 2.75) is 13.0 Å². The summed E-state index contributed by atoms with van der Waals surface area (Å²) >= 11 is 6.14. The Bertz CT molecular complexity index is 734. The Labute approximate surface area is 125 Å². The summed E-state index contributed by atoms with van der Waals surface area (Å²) in [7, 11) is 0. The SMILES string of the molecule is O=C1Cc2cc(NCc3cccc(F)c3O)c(Cl)cc2N1. The Morgan fingerprint density at radius 1 is 1.38 bits per heavy atom. The van der Waals surface area contributed by atoms with Gasteiger partial charge in [0.2, 0.25) is 5.91 Å². The predicted molar refractivity (Wildman–Crippen MR) is 79.2 cm³/mol. The van der Waals surface area contributed by atoms with Crippen LogP contribution in [0.1, 0.15) is 11.1 Å². The van der Waals surface area contributed by atoms with Crippen molar-refractivity contribution >= 4 is 28.9 Å². The molecule has 3 N–H and O–H groups in total. The molecule has 0 aromatic heterocycles. The number of anilines is 2. The van der Waals surface area contributed by atoms with Crippen molar-refractivity contribution in [2.24, 2.45) is 0 Å². The molecule has 0 radical (unpaired) electrons. The number of para-hydroxylation sites is 1. The van der Waals surface area contributed by atoms with E-state index >= 15 is 0 Å². The van der Waals surface area contributed by atoms with Gasteiger partial charge in [0.05, 0.1) is 17.1 Å². The Kier molecular flexibility index (Phi) is 3.43. The van der Waals surface area contributed by atoms with Crippen LogP contribution < -0.4 is 10.6 Å². The summed E-state index contributed by atoms with van der Waals surface area (Å²) in [5.41, 5.74) is 2.64. The molecule has 0 unspecified atom stereocenters. The summed E-state index contributed by atoms with van der Waals surface area (Å²) in [5, 5.41) is 15.8. The highest BCUT2D eigenvalue weighted by atomic mass is 35.5. The Hall–Kier alpha value is -2.27. The lowest BCUT2D eigenvalue weighted by atomic mass is 10.1. The first kappa shape index (κ1) is 13.7. The molecule has 0 aliphatic carbocycles. The van der Waals surface area contributed by atoms with Crippen molar-refractivity contribution in [3.63, 3.8) is 0 Å². The molecule has 0 saturated heterocycles. The number of phenolic OH excluding ortho intramolecular Hbond substituents is 1. The van der Waals surface area contributed by atoms with Crippen molar-refractivity contribution in [1.29, 1.82) is 0 Å². The molecule has 21 heavy (non-hydrogen) atoms. The van der Waals surface area contributed by atoms with Crippen LogP contribution in [0, 0.1) is 5.82 Å². The number of nitrogens with one attached hydrogen (secondary N) is 2. The first-order chi connectivity index (χ1) is 10.0. The molecule has 0 spiro atoms. The maximum Gasteiger partial charge on any atom is 0.228 e. The lowest BCUT2D eigenvalue weighted by Crippen LogP contribution is -2.03. The highest BCUT2D eigenvalue weighted by molar-refractivity contribution is 6.33. The minimum atomic E-state index is -0.663. The highest BCUT2D eigenvalue weighted by Gasteiger charge is 2.19. The fourth-order valence-electron chi connectivity index (χ4n) is 2.28. The summed E-state index contributed by atoms with van der Waals surface area (Å²) < 4.78 is 13.3. The molecule has 2 aromatic rings. The number of carbonyl (C=O) groups excluding carboxylic acids is 1. The first-order valence-electron chi connectivity index (χ1n) is 6.37. The van der Waals surface area contributed by atoms with Gasteiger partial charge >= 0.3 is 0 Å². The minimum absolute atomic E-state index is 0.0685. The van der Waals surface area contributed by atoms with Crippen molar-refractivity contribution in [3.8, 4) is 5.75 Å². The molecule has 3 rings (SSSR count). The molecular formula is C15H12ClFN2O2. The molecule has 4 nitrogen and oxygen atoms in total. The van der Waals surface area contributed by atoms with Gasteiger partial charge in [-0.15, -0.1) is 0 Å². The average molecular weight is 307 g/mol. The molecule has 1 aliphatic heterocycles. The monoisotopic (exact) mass is 306 g/mol. The second-order valence-corrected chi connectivity index (χ2v) is 5.22. The van der Waals surface area contributed by atoms with Gasteiger partial charge in [0.15, 0.2) is 11.6 Å². The predicted octanol–water partition coefficient (Wildman–Crippen LogP) is 3.29. The number of hydrogen-bond acceptors (Lipinski definition) is 3. The first-order valence-corrected chi connectivity index (χ1v) is 6.75. The molecule has 1 aliphatic rings. The second-order valence-electron chi connectivity index (χ2n) is 4.82. The van der Waals surface area contributed by atoms with E-state index in [0.29, 0.717) is 28.4 Å². The molecule has 0 saturated carbocycles. The van der Waals surface area contributed by atoms with Gasteiger partial charge in [-0.1, -0.05) is 23.7 Å². The maximum atomic E-state index is 13.3. The molecule has 0 atom stereocenters. The summed E-state index contributed by atoms with van der Waals surface area (Å²) in [6.07, 6.45) is 0.312. The zero-order valence-corrected chi connectivity index (χ0v) is 11.7. The van der Waals surface area contributed by atoms with Gasteiger partial charge < -0.3 is 15.7 Å². The van der Waals surface area contributed by atoms with Crippen LogP contribution in [-0.2, 0) is 17.8 Å². The van der Waals surface area contributed by atoms with E-state index in [4.69, 9.17) is 11.6 Å². The van der Waals surface area contributed by atoms with E-state index in [1.54, 1.807) is 18.2 Å². The fourth-order valence-corrected chi connectivity index (χ4v) is 2.51. The Morgan fingerprint density at radius 3 is 3.00 bits per heavy atom. The summed E-state index contributed by atoms with van der Waals surface area (Å²) in [5.74, 6) is -1.11. The summed E-state index contributed by atoms with van der Waals surface area (Å²) in [4.78, 5) is 11.3. The fraction of sp³-hybridized carbons (Fsp3) is 0.133. The molecule has 0 bridgehead atoms. The molecular weight excluding hydrogens is 295 g/mol. The molecule has 0 fully saturated rings. The summed E-state index contributed by atoms with van der Waals surface area (Å²) in [6, 6.07) is 7.80. The van der Waals surface area contributed by atoms with Crippen molar-refractivity contribution in [3.05, 3.63) is 52.3 Å². The van der Waals surface area contributed by atoms with E-state index < -0.39 is 5.82 Å². The normalized spacial score (nSPS) is 13.0. The quantitative estimate of drug-likeness (QED) is 0.815. The molecule has 2 aromatic carbocycles. The van der Waals surface area contributed by atoms with Crippen molar-refractivity contribution < 1.29 is 14.3 Å². The number of benzene rings is 2. The number of halogens is 2. The van der Waals surface area contributed by atoms with Gasteiger partial charge in [-0.2, -0.15) is 0 Å². The topological polar surface area (TPSA) is 61.4 Å². The number of aromatic hydroxyl groups is 1. The maximum absolute atomic E-state index is 13.3. The zero-order valence-electron chi connectivity index (χ0n) is 10.9. The van der Waals surface area contributed by atoms with E-state index in [0.717, 1.165) is 5.56 Å². The van der Waals surface area contributed by atoms with Crippen LogP contribution in [0.3, 0.4) is 0 Å². The van der Waals surface area contributed by atoms with Crippen molar-refractivity contribution in [2.75, 3.05) is 10.6 Å². The number of carbonyl (C=O) groups is 1. The number of hydrogen-bond donors (Lipinski definition) is 3. The number of phenols is 1. The third kappa shape index (κ3) is 2.64. The summed E-state index contributed by atoms with van der Waals surface area (Å²) in [6.45, 7) is 0.226. The smallest absolute Gasteiger partial charge is 0.228 e. The van der Waals surface area contributed by atoms with Gasteiger partial charge in [0.1, 0.15) is 0 Å². The van der Waals surface area contributed by atoms with Crippen LogP contribution in [0.5, 0.6) is 5.75 Å². The standard InChI is InChI=1S/C15H12ClFN2O2/c16-10-6-12-9(5-14(20)19-12)4-13(10)18-7-8-2-1-3-11(17)15(8)21/h1-4,6,18,21H,5,7H2,(H,19,20).